The van der Waals surface area contributed by atoms with Gasteiger partial charge in [0.05, 0.1) is 21.8 Å². The summed E-state index contributed by atoms with van der Waals surface area (Å²) in [4.78, 5) is 30.7. The van der Waals surface area contributed by atoms with Gasteiger partial charge in [-0.25, -0.2) is 13.2 Å². The van der Waals surface area contributed by atoms with Crippen molar-refractivity contribution in [2.24, 2.45) is 0 Å². The molecule has 2 atom stereocenters. The molecule has 0 unspecified atom stereocenters. The molecular weight excluding hydrogens is 567 g/mol. The number of hydrogen-bond acceptors (Lipinski definition) is 6. The molecule has 2 saturated heterocycles. The minimum absolute atomic E-state index is 0.114. The van der Waals surface area contributed by atoms with Gasteiger partial charge < -0.3 is 9.72 Å². The molecule has 5 aromatic rings. The molecule has 0 saturated carbocycles. The van der Waals surface area contributed by atoms with Gasteiger partial charge in [-0.05, 0) is 50.1 Å². The van der Waals surface area contributed by atoms with Crippen LogP contribution in [-0.2, 0) is 0 Å². The molecule has 11 heteroatoms. The molecule has 2 aliphatic heterocycles. The van der Waals surface area contributed by atoms with Crippen molar-refractivity contribution >= 4 is 33.4 Å². The van der Waals surface area contributed by atoms with Crippen LogP contribution in [0, 0.1) is 18.6 Å². The standard InChI is InChI=1S/C31H25ClF3N5O2/c1-16-6-7-22-24(25(16)32)20(11-23(41)37-22)28-26(35)29-21(13-36-28)27(17-4-2-5-18(33)10-17)38-30(39-29)42-15-31-8-3-9-40(31)14-19(34)12-31/h2,4-7,10-11,13,19H,3,8-9,12,14-15H2,1H3,(H,37,41)/t19-,31+/m1/s1. The Balaban J connectivity index is 1.41. The fourth-order valence-electron chi connectivity index (χ4n) is 6.40. The van der Waals surface area contributed by atoms with E-state index in [0.29, 0.717) is 34.5 Å². The van der Waals surface area contributed by atoms with Crippen LogP contribution >= 0.6 is 11.6 Å². The van der Waals surface area contributed by atoms with Crippen molar-refractivity contribution in [2.75, 3.05) is 19.7 Å². The highest BCUT2D eigenvalue weighted by Gasteiger charge is 2.49. The minimum atomic E-state index is -0.945. The number of fused-ring (bicyclic) bond motifs is 3. The average Bonchev–Trinajstić information content (AvgIpc) is 3.49. The van der Waals surface area contributed by atoms with Gasteiger partial charge in [-0.1, -0.05) is 29.8 Å². The summed E-state index contributed by atoms with van der Waals surface area (Å²) in [7, 11) is 0. The van der Waals surface area contributed by atoms with Gasteiger partial charge in [0.15, 0.2) is 5.82 Å². The molecule has 0 aliphatic carbocycles. The molecular formula is C31H25ClF3N5O2. The number of alkyl halides is 1. The topological polar surface area (TPSA) is 84.0 Å². The normalized spacial score (nSPS) is 20.5. The summed E-state index contributed by atoms with van der Waals surface area (Å²) in [6.07, 6.45) is 2.50. The van der Waals surface area contributed by atoms with Crippen LogP contribution in [0.4, 0.5) is 13.2 Å². The zero-order valence-electron chi connectivity index (χ0n) is 22.6. The number of ether oxygens (including phenoxy) is 1. The van der Waals surface area contributed by atoms with E-state index in [9.17, 15) is 13.6 Å². The SMILES string of the molecule is Cc1ccc2[nH]c(=O)cc(-c3ncc4c(-c5cccc(F)c5)nc(OC[C@@]56CCCN5C[C@H](F)C6)nc4c3F)c2c1Cl. The van der Waals surface area contributed by atoms with E-state index in [-0.39, 0.29) is 40.5 Å². The van der Waals surface area contributed by atoms with Crippen LogP contribution in [0.3, 0.4) is 0 Å². The second kappa shape index (κ2) is 10.1. The number of hydrogen-bond donors (Lipinski definition) is 1. The maximum atomic E-state index is 16.5. The number of benzene rings is 2. The molecule has 214 valence electrons. The zero-order valence-corrected chi connectivity index (χ0v) is 23.3. The van der Waals surface area contributed by atoms with Gasteiger partial charge in [-0.2, -0.15) is 9.97 Å². The Morgan fingerprint density at radius 2 is 2.02 bits per heavy atom. The monoisotopic (exact) mass is 591 g/mol. The van der Waals surface area contributed by atoms with Gasteiger partial charge in [-0.3, -0.25) is 14.7 Å². The third-order valence-electron chi connectivity index (χ3n) is 8.39. The summed E-state index contributed by atoms with van der Waals surface area (Å²) in [5, 5.41) is 1.03. The Hall–Kier alpha value is -4.02. The molecule has 3 aromatic heterocycles. The summed E-state index contributed by atoms with van der Waals surface area (Å²) in [6.45, 7) is 3.08. The summed E-state index contributed by atoms with van der Waals surface area (Å²) in [5.41, 5.74) is 0.827. The van der Waals surface area contributed by atoms with E-state index in [1.54, 1.807) is 18.2 Å². The number of nitrogens with zero attached hydrogens (tertiary/aromatic N) is 4. The van der Waals surface area contributed by atoms with Crippen molar-refractivity contribution in [3.63, 3.8) is 0 Å². The smallest absolute Gasteiger partial charge is 0.317 e. The first-order chi connectivity index (χ1) is 20.2. The lowest BCUT2D eigenvalue weighted by molar-refractivity contribution is 0.107. The van der Waals surface area contributed by atoms with Crippen LogP contribution in [-0.4, -0.2) is 56.2 Å². The van der Waals surface area contributed by atoms with Crippen LogP contribution in [0.15, 0.2) is 53.5 Å². The predicted molar refractivity (Wildman–Crippen MR) is 155 cm³/mol. The zero-order chi connectivity index (χ0) is 29.2. The lowest BCUT2D eigenvalue weighted by Crippen LogP contribution is -2.43. The molecule has 2 aliphatic rings. The Morgan fingerprint density at radius 1 is 1.17 bits per heavy atom. The van der Waals surface area contributed by atoms with Crippen molar-refractivity contribution in [1.82, 2.24) is 24.8 Å². The van der Waals surface area contributed by atoms with Crippen molar-refractivity contribution in [2.45, 2.75) is 37.9 Å². The van der Waals surface area contributed by atoms with E-state index in [4.69, 9.17) is 16.3 Å². The van der Waals surface area contributed by atoms with Gasteiger partial charge in [0.25, 0.3) is 0 Å². The molecule has 7 nitrogen and oxygen atoms in total. The lowest BCUT2D eigenvalue weighted by Gasteiger charge is -2.30. The highest BCUT2D eigenvalue weighted by molar-refractivity contribution is 6.37. The number of H-pyrrole nitrogens is 1. The van der Waals surface area contributed by atoms with E-state index in [0.717, 1.165) is 24.9 Å². The molecule has 2 aromatic carbocycles. The van der Waals surface area contributed by atoms with Crippen LogP contribution in [0.2, 0.25) is 5.02 Å². The first kappa shape index (κ1) is 26.9. The fourth-order valence-corrected chi connectivity index (χ4v) is 6.67. The van der Waals surface area contributed by atoms with Crippen LogP contribution in [0.25, 0.3) is 44.3 Å². The lowest BCUT2D eigenvalue weighted by atomic mass is 9.95. The molecule has 0 spiro atoms. The van der Waals surface area contributed by atoms with Crippen LogP contribution in [0.1, 0.15) is 24.8 Å². The van der Waals surface area contributed by atoms with Gasteiger partial charge in [0.1, 0.15) is 29.8 Å². The molecule has 5 heterocycles. The van der Waals surface area contributed by atoms with Crippen molar-refractivity contribution in [1.29, 1.82) is 0 Å². The van der Waals surface area contributed by atoms with Gasteiger partial charge in [-0.15, -0.1) is 0 Å². The number of aromatic nitrogens is 4. The molecule has 42 heavy (non-hydrogen) atoms. The summed E-state index contributed by atoms with van der Waals surface area (Å²) in [5.74, 6) is -1.31. The third kappa shape index (κ3) is 4.40. The Kier molecular flexibility index (Phi) is 6.43. The Bertz CT molecular complexity index is 1950. The first-order valence-electron chi connectivity index (χ1n) is 13.7. The van der Waals surface area contributed by atoms with E-state index in [2.05, 4.69) is 24.8 Å². The number of aryl methyl sites for hydroxylation is 1. The quantitative estimate of drug-likeness (QED) is 0.255. The maximum Gasteiger partial charge on any atom is 0.317 e. The number of rotatable bonds is 5. The molecule has 0 bridgehead atoms. The van der Waals surface area contributed by atoms with E-state index in [1.165, 1.54) is 30.5 Å². The maximum absolute atomic E-state index is 16.5. The Morgan fingerprint density at radius 3 is 2.86 bits per heavy atom. The number of aromatic amines is 1. The van der Waals surface area contributed by atoms with Crippen molar-refractivity contribution in [3.8, 4) is 28.5 Å². The second-order valence-electron chi connectivity index (χ2n) is 11.1. The fraction of sp³-hybridized carbons (Fsp3) is 0.290. The molecule has 0 amide bonds. The largest absolute Gasteiger partial charge is 0.461 e. The van der Waals surface area contributed by atoms with Crippen LogP contribution in [0.5, 0.6) is 6.01 Å². The summed E-state index contributed by atoms with van der Waals surface area (Å²) >= 11 is 6.62. The van der Waals surface area contributed by atoms with E-state index >= 15 is 4.39 Å². The number of pyridine rings is 2. The molecule has 7 rings (SSSR count). The summed E-state index contributed by atoms with van der Waals surface area (Å²) < 4.78 is 51.2. The number of nitrogens with one attached hydrogen (secondary N) is 1. The van der Waals surface area contributed by atoms with Crippen LogP contribution < -0.4 is 10.3 Å². The van der Waals surface area contributed by atoms with E-state index < -0.39 is 28.9 Å². The van der Waals surface area contributed by atoms with E-state index in [1.807, 2.05) is 6.92 Å². The highest BCUT2D eigenvalue weighted by Crippen LogP contribution is 2.41. The van der Waals surface area contributed by atoms with Crippen molar-refractivity contribution < 1.29 is 17.9 Å². The highest BCUT2D eigenvalue weighted by atomic mass is 35.5. The molecule has 0 radical (unpaired) electrons. The number of halogens is 4. The average molecular weight is 592 g/mol. The van der Waals surface area contributed by atoms with Gasteiger partial charge in [0, 0.05) is 47.1 Å². The molecule has 2 fully saturated rings. The predicted octanol–water partition coefficient (Wildman–Crippen LogP) is 6.40. The minimum Gasteiger partial charge on any atom is -0.461 e. The second-order valence-corrected chi connectivity index (χ2v) is 11.5. The van der Waals surface area contributed by atoms with Gasteiger partial charge >= 0.3 is 6.01 Å². The van der Waals surface area contributed by atoms with Crippen molar-refractivity contribution in [3.05, 3.63) is 81.2 Å². The summed E-state index contributed by atoms with van der Waals surface area (Å²) in [6, 6.07) is 10.3. The Labute approximate surface area is 243 Å². The third-order valence-corrected chi connectivity index (χ3v) is 8.87. The molecule has 1 N–H and O–H groups in total. The first-order valence-corrected chi connectivity index (χ1v) is 14.1. The van der Waals surface area contributed by atoms with Gasteiger partial charge in [0.2, 0.25) is 5.56 Å².